The van der Waals surface area contributed by atoms with E-state index in [0.717, 1.165) is 36.3 Å². The number of aromatic nitrogens is 3. The average molecular weight is 300 g/mol. The van der Waals surface area contributed by atoms with Gasteiger partial charge < -0.3 is 9.30 Å². The van der Waals surface area contributed by atoms with Gasteiger partial charge in [-0.15, -0.1) is 11.6 Å². The molecule has 2 heterocycles. The van der Waals surface area contributed by atoms with E-state index < -0.39 is 0 Å². The van der Waals surface area contributed by atoms with Gasteiger partial charge >= 0.3 is 0 Å². The molecule has 0 amide bonds. The van der Waals surface area contributed by atoms with Gasteiger partial charge in [0.1, 0.15) is 11.3 Å². The van der Waals surface area contributed by atoms with Crippen LogP contribution in [-0.4, -0.2) is 27.7 Å². The van der Waals surface area contributed by atoms with Crippen molar-refractivity contribution in [2.45, 2.75) is 37.3 Å². The van der Waals surface area contributed by atoms with E-state index in [2.05, 4.69) is 14.5 Å². The van der Waals surface area contributed by atoms with E-state index in [4.69, 9.17) is 27.9 Å². The first-order valence-corrected chi connectivity index (χ1v) is 7.25. The molecule has 0 N–H and O–H groups in total. The molecule has 0 spiro atoms. The first-order valence-electron chi connectivity index (χ1n) is 6.34. The fraction of sp³-hybridized carbons (Fsp3) is 0.538. The number of nitrogens with zero attached hydrogens (tertiary/aromatic N) is 3. The molecule has 0 saturated heterocycles. The zero-order chi connectivity index (χ0) is 13.4. The van der Waals surface area contributed by atoms with Gasteiger partial charge in [-0.05, 0) is 25.3 Å². The third-order valence-corrected chi connectivity index (χ3v) is 4.19. The van der Waals surface area contributed by atoms with Crippen LogP contribution in [0.1, 0.15) is 31.1 Å². The molecule has 1 fully saturated rings. The molecule has 0 aromatic carbocycles. The Hall–Kier alpha value is -0.840. The van der Waals surface area contributed by atoms with Gasteiger partial charge in [-0.3, -0.25) is 0 Å². The van der Waals surface area contributed by atoms with Crippen molar-refractivity contribution < 1.29 is 4.74 Å². The van der Waals surface area contributed by atoms with E-state index in [1.54, 1.807) is 13.3 Å². The minimum Gasteiger partial charge on any atom is -0.381 e. The fourth-order valence-corrected chi connectivity index (χ4v) is 3.19. The Morgan fingerprint density at radius 1 is 1.47 bits per heavy atom. The number of hydrogen-bond acceptors (Lipinski definition) is 3. The number of halogens is 2. The molecule has 3 rings (SSSR count). The maximum Gasteiger partial charge on any atom is 0.160 e. The second-order valence-corrected chi connectivity index (χ2v) is 5.56. The molecule has 0 aliphatic heterocycles. The van der Waals surface area contributed by atoms with Crippen LogP contribution in [0.15, 0.2) is 12.3 Å². The van der Waals surface area contributed by atoms with Crippen molar-refractivity contribution in [2.75, 3.05) is 7.11 Å². The molecule has 1 aliphatic rings. The molecule has 1 aliphatic carbocycles. The van der Waals surface area contributed by atoms with Crippen LogP contribution in [0.4, 0.5) is 0 Å². The van der Waals surface area contributed by atoms with Gasteiger partial charge in [0.05, 0.1) is 17.0 Å². The number of alkyl halides is 1. The highest BCUT2D eigenvalue weighted by Crippen LogP contribution is 2.35. The van der Waals surface area contributed by atoms with Crippen LogP contribution >= 0.6 is 23.2 Å². The molecular formula is C13H15Cl2N3O. The summed E-state index contributed by atoms with van der Waals surface area (Å²) in [5.41, 5.74) is 1.67. The van der Waals surface area contributed by atoms with Gasteiger partial charge in [-0.2, -0.15) is 0 Å². The topological polar surface area (TPSA) is 39.9 Å². The number of hydrogen-bond donors (Lipinski definition) is 0. The molecule has 6 heteroatoms. The van der Waals surface area contributed by atoms with Crippen LogP contribution in [0.2, 0.25) is 5.02 Å². The maximum absolute atomic E-state index is 6.02. The Morgan fingerprint density at radius 3 is 3.00 bits per heavy atom. The smallest absolute Gasteiger partial charge is 0.160 e. The molecule has 19 heavy (non-hydrogen) atoms. The molecule has 0 radical (unpaired) electrons. The zero-order valence-electron chi connectivity index (χ0n) is 10.6. The number of ether oxygens (including phenoxy) is 1. The minimum atomic E-state index is 0.318. The number of pyridine rings is 1. The van der Waals surface area contributed by atoms with Crippen molar-refractivity contribution in [3.05, 3.63) is 23.1 Å². The van der Waals surface area contributed by atoms with E-state index >= 15 is 0 Å². The molecule has 1 saturated carbocycles. The Morgan fingerprint density at radius 2 is 2.32 bits per heavy atom. The van der Waals surface area contributed by atoms with Gasteiger partial charge in [0.2, 0.25) is 0 Å². The minimum absolute atomic E-state index is 0.318. The van der Waals surface area contributed by atoms with Gasteiger partial charge in [0.25, 0.3) is 0 Å². The van der Waals surface area contributed by atoms with E-state index in [9.17, 15) is 0 Å². The van der Waals surface area contributed by atoms with E-state index in [1.165, 1.54) is 0 Å². The SMILES string of the molecule is COC1CCC(n2c(CCl)nc3cc(Cl)cnc32)C1. The highest BCUT2D eigenvalue weighted by molar-refractivity contribution is 6.31. The van der Waals surface area contributed by atoms with Gasteiger partial charge in [0.15, 0.2) is 5.65 Å². The molecular weight excluding hydrogens is 285 g/mol. The summed E-state index contributed by atoms with van der Waals surface area (Å²) in [6.07, 6.45) is 5.09. The van der Waals surface area contributed by atoms with Crippen molar-refractivity contribution in [3.8, 4) is 0 Å². The van der Waals surface area contributed by atoms with Crippen molar-refractivity contribution in [3.63, 3.8) is 0 Å². The standard InChI is InChI=1S/C13H15Cl2N3O/c1-19-10-3-2-9(5-10)18-12(6-14)17-11-4-8(15)7-16-13(11)18/h4,7,9-10H,2-3,5-6H2,1H3. The average Bonchev–Trinajstić information content (AvgIpc) is 3.00. The van der Waals surface area contributed by atoms with E-state index in [0.29, 0.717) is 23.0 Å². The number of imidazole rings is 1. The van der Waals surface area contributed by atoms with Crippen molar-refractivity contribution in [2.24, 2.45) is 0 Å². The summed E-state index contributed by atoms with van der Waals surface area (Å²) < 4.78 is 7.59. The summed E-state index contributed by atoms with van der Waals surface area (Å²) in [5, 5.41) is 0.597. The third-order valence-electron chi connectivity index (χ3n) is 3.74. The van der Waals surface area contributed by atoms with Gasteiger partial charge in [-0.1, -0.05) is 11.6 Å². The van der Waals surface area contributed by atoms with Crippen LogP contribution in [0.25, 0.3) is 11.2 Å². The molecule has 2 aromatic rings. The van der Waals surface area contributed by atoms with Gasteiger partial charge in [0, 0.05) is 19.3 Å². The summed E-state index contributed by atoms with van der Waals surface area (Å²) >= 11 is 12.0. The first-order chi connectivity index (χ1) is 9.22. The largest absolute Gasteiger partial charge is 0.381 e. The summed E-state index contributed by atoms with van der Waals surface area (Å²) in [7, 11) is 1.76. The van der Waals surface area contributed by atoms with Crippen LogP contribution in [0.5, 0.6) is 0 Å². The van der Waals surface area contributed by atoms with Crippen LogP contribution in [0, 0.1) is 0 Å². The Balaban J connectivity index is 2.06. The monoisotopic (exact) mass is 299 g/mol. The molecule has 0 bridgehead atoms. The molecule has 2 unspecified atom stereocenters. The summed E-state index contributed by atoms with van der Waals surface area (Å²) in [6, 6.07) is 2.19. The summed E-state index contributed by atoms with van der Waals surface area (Å²) in [6.45, 7) is 0. The molecule has 2 atom stereocenters. The summed E-state index contributed by atoms with van der Waals surface area (Å²) in [4.78, 5) is 8.94. The zero-order valence-corrected chi connectivity index (χ0v) is 12.2. The Labute approximate surface area is 121 Å². The normalized spacial score (nSPS) is 23.3. The summed E-state index contributed by atoms with van der Waals surface area (Å²) in [5.74, 6) is 1.23. The van der Waals surface area contributed by atoms with Crippen molar-refractivity contribution in [1.82, 2.24) is 14.5 Å². The van der Waals surface area contributed by atoms with Crippen LogP contribution in [0.3, 0.4) is 0 Å². The quantitative estimate of drug-likeness (QED) is 0.814. The molecule has 102 valence electrons. The lowest BCUT2D eigenvalue weighted by Gasteiger charge is -2.15. The highest BCUT2D eigenvalue weighted by atomic mass is 35.5. The Kier molecular flexibility index (Phi) is 3.65. The fourth-order valence-electron chi connectivity index (χ4n) is 2.85. The predicted molar refractivity (Wildman–Crippen MR) is 75.8 cm³/mol. The molecule has 4 nitrogen and oxygen atoms in total. The van der Waals surface area contributed by atoms with Crippen LogP contribution in [-0.2, 0) is 10.6 Å². The second kappa shape index (κ2) is 5.27. The van der Waals surface area contributed by atoms with Crippen LogP contribution < -0.4 is 0 Å². The number of rotatable bonds is 3. The second-order valence-electron chi connectivity index (χ2n) is 4.85. The highest BCUT2D eigenvalue weighted by Gasteiger charge is 2.29. The lowest BCUT2D eigenvalue weighted by atomic mass is 10.2. The lowest BCUT2D eigenvalue weighted by molar-refractivity contribution is 0.106. The van der Waals surface area contributed by atoms with Gasteiger partial charge in [-0.25, -0.2) is 9.97 Å². The Bertz CT molecular complexity index is 599. The van der Waals surface area contributed by atoms with Crippen molar-refractivity contribution >= 4 is 34.4 Å². The third kappa shape index (κ3) is 2.33. The predicted octanol–water partition coefficient (Wildman–Crippen LogP) is 3.56. The molecule has 2 aromatic heterocycles. The van der Waals surface area contributed by atoms with E-state index in [1.807, 2.05) is 6.07 Å². The number of methoxy groups -OCH3 is 1. The van der Waals surface area contributed by atoms with E-state index in [-0.39, 0.29) is 0 Å². The maximum atomic E-state index is 6.02. The number of fused-ring (bicyclic) bond motifs is 1. The lowest BCUT2D eigenvalue weighted by Crippen LogP contribution is -2.11. The van der Waals surface area contributed by atoms with Crippen molar-refractivity contribution in [1.29, 1.82) is 0 Å². The first kappa shape index (κ1) is 13.2.